The fourth-order valence-corrected chi connectivity index (χ4v) is 4.43. The van der Waals surface area contributed by atoms with Crippen LogP contribution in [0.1, 0.15) is 20.8 Å². The molecule has 3 nitrogen and oxygen atoms in total. The number of benzene rings is 3. The summed E-state index contributed by atoms with van der Waals surface area (Å²) in [5, 5.41) is 2.28. The molecule has 0 fully saturated rings. The van der Waals surface area contributed by atoms with Gasteiger partial charge in [0, 0.05) is 10.8 Å². The number of nitrogens with zero attached hydrogens (tertiary/aromatic N) is 2. The van der Waals surface area contributed by atoms with Crippen LogP contribution in [0.2, 0.25) is 0 Å². The summed E-state index contributed by atoms with van der Waals surface area (Å²) in [6, 6.07) is 23.0. The van der Waals surface area contributed by atoms with E-state index < -0.39 is 5.44 Å². The lowest BCUT2D eigenvalue weighted by molar-refractivity contribution is 0.560. The van der Waals surface area contributed by atoms with E-state index in [9.17, 15) is 0 Å². The van der Waals surface area contributed by atoms with Crippen molar-refractivity contribution in [1.82, 2.24) is 0 Å². The number of rotatable bonds is 2. The number of fused-ring (bicyclic) bond motifs is 4. The molecule has 0 spiro atoms. The van der Waals surface area contributed by atoms with E-state index >= 15 is 0 Å². The van der Waals surface area contributed by atoms with E-state index in [4.69, 9.17) is 12.3 Å². The van der Waals surface area contributed by atoms with E-state index in [1.54, 1.807) is 0 Å². The molecule has 0 saturated heterocycles. The van der Waals surface area contributed by atoms with Gasteiger partial charge in [0.1, 0.15) is 19.6 Å². The second kappa shape index (κ2) is 5.56. The van der Waals surface area contributed by atoms with Crippen LogP contribution in [0.25, 0.3) is 21.9 Å². The highest BCUT2D eigenvalue weighted by Gasteiger charge is 2.39. The van der Waals surface area contributed by atoms with E-state index in [2.05, 4.69) is 71.3 Å². The third-order valence-corrected chi connectivity index (χ3v) is 5.41. The Hall–Kier alpha value is -2.88. The maximum atomic E-state index is 6.54. The molecule has 2 radical (unpaired) electrons. The summed E-state index contributed by atoms with van der Waals surface area (Å²) in [4.78, 5) is 4.60. The zero-order valence-corrected chi connectivity index (χ0v) is 15.8. The number of hydrogen-bond donors (Lipinski definition) is 0. The SMILES string of the molecule is [B]C(C)(C)N1c2ccccc2N(c2cccc3c2oc2ccccc23)[C@H]1C. The molecule has 5 rings (SSSR count). The Bertz CT molecular complexity index is 1160. The smallest absolute Gasteiger partial charge is 0.159 e. The Morgan fingerprint density at radius 2 is 1.44 bits per heavy atom. The molecule has 1 aromatic heterocycles. The molecule has 4 aromatic rings. The van der Waals surface area contributed by atoms with Gasteiger partial charge < -0.3 is 14.2 Å². The summed E-state index contributed by atoms with van der Waals surface area (Å²) in [6.45, 7) is 6.28. The molecule has 3 aromatic carbocycles. The lowest BCUT2D eigenvalue weighted by Gasteiger charge is -2.40. The minimum absolute atomic E-state index is 0.0706. The molecule has 1 atom stereocenters. The van der Waals surface area contributed by atoms with Gasteiger partial charge in [0.2, 0.25) is 0 Å². The van der Waals surface area contributed by atoms with Crippen LogP contribution in [-0.4, -0.2) is 19.5 Å². The van der Waals surface area contributed by atoms with Gasteiger partial charge in [0.15, 0.2) is 5.58 Å². The van der Waals surface area contributed by atoms with Crippen molar-refractivity contribution in [2.75, 3.05) is 9.80 Å². The quantitative estimate of drug-likeness (QED) is 0.426. The van der Waals surface area contributed by atoms with Crippen molar-refractivity contribution in [1.29, 1.82) is 0 Å². The minimum Gasteiger partial charge on any atom is -0.454 e. The predicted octanol–water partition coefficient (Wildman–Crippen LogP) is 5.79. The van der Waals surface area contributed by atoms with E-state index in [0.717, 1.165) is 39.0 Å². The fraction of sp³-hybridized carbons (Fsp3) is 0.217. The molecule has 0 aliphatic carbocycles. The Labute approximate surface area is 160 Å². The first-order chi connectivity index (χ1) is 13.0. The molecule has 0 bridgehead atoms. The molecule has 2 heterocycles. The Morgan fingerprint density at radius 3 is 2.22 bits per heavy atom. The van der Waals surface area contributed by atoms with Crippen LogP contribution in [0.5, 0.6) is 0 Å². The van der Waals surface area contributed by atoms with Gasteiger partial charge in [0.05, 0.1) is 17.1 Å². The van der Waals surface area contributed by atoms with Crippen molar-refractivity contribution in [3.63, 3.8) is 0 Å². The zero-order chi connectivity index (χ0) is 18.8. The van der Waals surface area contributed by atoms with Crippen molar-refractivity contribution in [2.24, 2.45) is 0 Å². The van der Waals surface area contributed by atoms with Crippen molar-refractivity contribution in [3.05, 3.63) is 66.7 Å². The topological polar surface area (TPSA) is 19.6 Å². The first kappa shape index (κ1) is 16.3. The summed E-state index contributed by atoms with van der Waals surface area (Å²) in [5.74, 6) is 0. The van der Waals surface area contributed by atoms with Gasteiger partial charge in [-0.2, -0.15) is 0 Å². The third kappa shape index (κ3) is 2.29. The summed E-state index contributed by atoms with van der Waals surface area (Å²) in [6.07, 6.45) is 0.0706. The molecular weight excluding hydrogens is 331 g/mol. The van der Waals surface area contributed by atoms with Gasteiger partial charge in [-0.1, -0.05) is 56.3 Å². The van der Waals surface area contributed by atoms with Crippen LogP contribution in [0.4, 0.5) is 17.1 Å². The van der Waals surface area contributed by atoms with Crippen molar-refractivity contribution < 1.29 is 4.42 Å². The van der Waals surface area contributed by atoms with Gasteiger partial charge in [0.25, 0.3) is 0 Å². The van der Waals surface area contributed by atoms with Crippen molar-refractivity contribution >= 4 is 46.8 Å². The average molecular weight is 352 g/mol. The number of para-hydroxylation sites is 4. The van der Waals surface area contributed by atoms with Gasteiger partial charge >= 0.3 is 0 Å². The molecule has 0 amide bonds. The maximum Gasteiger partial charge on any atom is 0.159 e. The largest absolute Gasteiger partial charge is 0.454 e. The standard InChI is InChI=1S/C23H21BN2O/c1-15-25(18-11-5-6-12-19(18)26(15)23(2,3)24)20-13-8-10-17-16-9-4-7-14-21(16)27-22(17)20/h4-15H,1-3H3/t15-/m1/s1. The van der Waals surface area contributed by atoms with Crippen LogP contribution >= 0.6 is 0 Å². The Kier molecular flexibility index (Phi) is 3.36. The average Bonchev–Trinajstić information content (AvgIpc) is 3.16. The normalized spacial score (nSPS) is 17.1. The van der Waals surface area contributed by atoms with Gasteiger partial charge in [-0.05, 0) is 36.6 Å². The lowest BCUT2D eigenvalue weighted by atomic mass is 9.79. The molecule has 1 aliphatic rings. The first-order valence-corrected chi connectivity index (χ1v) is 9.33. The summed E-state index contributed by atoms with van der Waals surface area (Å²) in [5.41, 5.74) is 4.71. The van der Waals surface area contributed by atoms with E-state index in [0.29, 0.717) is 0 Å². The second-order valence-electron chi connectivity index (χ2n) is 7.77. The highest BCUT2D eigenvalue weighted by molar-refractivity contribution is 6.17. The predicted molar refractivity (Wildman–Crippen MR) is 114 cm³/mol. The molecule has 4 heteroatoms. The number of hydrogen-bond acceptors (Lipinski definition) is 3. The summed E-state index contributed by atoms with van der Waals surface area (Å²) in [7, 11) is 6.54. The fourth-order valence-electron chi connectivity index (χ4n) is 4.43. The Morgan fingerprint density at radius 1 is 0.815 bits per heavy atom. The van der Waals surface area contributed by atoms with E-state index in [1.807, 2.05) is 26.0 Å². The monoisotopic (exact) mass is 352 g/mol. The van der Waals surface area contributed by atoms with Crippen LogP contribution in [0.15, 0.2) is 71.1 Å². The van der Waals surface area contributed by atoms with Crippen molar-refractivity contribution in [3.8, 4) is 0 Å². The molecule has 0 N–H and O–H groups in total. The van der Waals surface area contributed by atoms with Gasteiger partial charge in [-0.25, -0.2) is 0 Å². The minimum atomic E-state index is -0.480. The van der Waals surface area contributed by atoms with Gasteiger partial charge in [-0.3, -0.25) is 0 Å². The molecule has 132 valence electrons. The van der Waals surface area contributed by atoms with E-state index in [-0.39, 0.29) is 6.17 Å². The summed E-state index contributed by atoms with van der Waals surface area (Å²) < 4.78 is 6.29. The molecular formula is C23H21BN2O. The highest BCUT2D eigenvalue weighted by Crippen LogP contribution is 2.48. The van der Waals surface area contributed by atoms with Crippen LogP contribution < -0.4 is 9.80 Å². The molecule has 0 saturated carbocycles. The number of furan rings is 1. The van der Waals surface area contributed by atoms with Gasteiger partial charge in [-0.15, -0.1) is 0 Å². The van der Waals surface area contributed by atoms with E-state index in [1.165, 1.54) is 0 Å². The van der Waals surface area contributed by atoms with Crippen LogP contribution in [0, 0.1) is 0 Å². The van der Waals surface area contributed by atoms with Crippen LogP contribution in [-0.2, 0) is 0 Å². The summed E-state index contributed by atoms with van der Waals surface area (Å²) >= 11 is 0. The molecule has 0 unspecified atom stereocenters. The Balaban J connectivity index is 1.78. The molecule has 1 aliphatic heterocycles. The highest BCUT2D eigenvalue weighted by atomic mass is 16.3. The second-order valence-corrected chi connectivity index (χ2v) is 7.77. The third-order valence-electron chi connectivity index (χ3n) is 5.41. The number of anilines is 3. The zero-order valence-electron chi connectivity index (χ0n) is 15.8. The lowest BCUT2D eigenvalue weighted by Crippen LogP contribution is -2.51. The maximum absolute atomic E-state index is 6.54. The molecule has 27 heavy (non-hydrogen) atoms. The van der Waals surface area contributed by atoms with Crippen LogP contribution in [0.3, 0.4) is 0 Å². The first-order valence-electron chi connectivity index (χ1n) is 9.33. The van der Waals surface area contributed by atoms with Crippen molar-refractivity contribution in [2.45, 2.75) is 32.4 Å².